The summed E-state index contributed by atoms with van der Waals surface area (Å²) < 4.78 is 8.09. The number of hydrogen-bond acceptors (Lipinski definition) is 3. The number of likely N-dealkylation sites (tertiary alicyclic amines) is 1. The number of rotatable bonds is 6. The second-order valence-electron chi connectivity index (χ2n) is 7.11. The molecule has 0 N–H and O–H groups in total. The van der Waals surface area contributed by atoms with Gasteiger partial charge in [0.05, 0.1) is 28.7 Å². The number of aromatic nitrogens is 2. The van der Waals surface area contributed by atoms with E-state index in [1.165, 1.54) is 0 Å². The van der Waals surface area contributed by atoms with Gasteiger partial charge in [0.1, 0.15) is 11.6 Å². The minimum Gasteiger partial charge on any atom is -0.492 e. The topological polar surface area (TPSA) is 47.4 Å². The Morgan fingerprint density at radius 2 is 2.00 bits per heavy atom. The lowest BCUT2D eigenvalue weighted by molar-refractivity contribution is -0.129. The Morgan fingerprint density at radius 1 is 1.21 bits per heavy atom. The first-order valence-electron chi connectivity index (χ1n) is 9.75. The highest BCUT2D eigenvalue weighted by Gasteiger charge is 2.32. The first kappa shape index (κ1) is 18.8. The summed E-state index contributed by atoms with van der Waals surface area (Å²) in [6.45, 7) is 3.79. The predicted molar refractivity (Wildman–Crippen MR) is 111 cm³/mol. The van der Waals surface area contributed by atoms with Crippen molar-refractivity contribution in [3.63, 3.8) is 0 Å². The molecule has 1 fully saturated rings. The van der Waals surface area contributed by atoms with E-state index in [-0.39, 0.29) is 11.9 Å². The highest BCUT2D eigenvalue weighted by Crippen LogP contribution is 2.33. The van der Waals surface area contributed by atoms with Gasteiger partial charge in [-0.25, -0.2) is 4.98 Å². The molecule has 1 saturated heterocycles. The van der Waals surface area contributed by atoms with Gasteiger partial charge in [0.25, 0.3) is 0 Å². The molecule has 1 aromatic heterocycles. The number of aryl methyl sites for hydroxylation is 1. The Balaban J connectivity index is 1.54. The average Bonchev–Trinajstić information content (AvgIpc) is 3.31. The summed E-state index contributed by atoms with van der Waals surface area (Å²) in [5.74, 6) is 1.80. The third-order valence-corrected chi connectivity index (χ3v) is 5.57. The van der Waals surface area contributed by atoms with E-state index in [4.69, 9.17) is 21.3 Å². The van der Waals surface area contributed by atoms with Crippen molar-refractivity contribution in [1.29, 1.82) is 0 Å². The van der Waals surface area contributed by atoms with Crippen LogP contribution in [0.4, 0.5) is 0 Å². The van der Waals surface area contributed by atoms with E-state index >= 15 is 0 Å². The largest absolute Gasteiger partial charge is 0.492 e. The molecule has 1 aliphatic heterocycles. The molecule has 2 heterocycles. The van der Waals surface area contributed by atoms with E-state index < -0.39 is 0 Å². The molecule has 5 nitrogen and oxygen atoms in total. The number of para-hydroxylation sites is 3. The van der Waals surface area contributed by atoms with Crippen LogP contribution in [0.25, 0.3) is 11.0 Å². The van der Waals surface area contributed by atoms with E-state index in [1.54, 1.807) is 6.92 Å². The van der Waals surface area contributed by atoms with Crippen LogP contribution in [0.15, 0.2) is 48.5 Å². The number of amides is 1. The fourth-order valence-corrected chi connectivity index (χ4v) is 4.15. The van der Waals surface area contributed by atoms with Gasteiger partial charge in [-0.1, -0.05) is 35.9 Å². The van der Waals surface area contributed by atoms with Gasteiger partial charge in [-0.3, -0.25) is 4.79 Å². The Hall–Kier alpha value is -2.53. The number of imidazole rings is 1. The smallest absolute Gasteiger partial charge is 0.220 e. The van der Waals surface area contributed by atoms with Crippen molar-refractivity contribution in [3.05, 3.63) is 59.4 Å². The summed E-state index contributed by atoms with van der Waals surface area (Å²) in [7, 11) is 0. The van der Waals surface area contributed by atoms with Gasteiger partial charge in [0.2, 0.25) is 5.91 Å². The number of hydrogen-bond donors (Lipinski definition) is 0. The van der Waals surface area contributed by atoms with Gasteiger partial charge < -0.3 is 14.2 Å². The number of ether oxygens (including phenoxy) is 1. The average molecular weight is 398 g/mol. The van der Waals surface area contributed by atoms with Crippen LogP contribution in [0.3, 0.4) is 0 Å². The second kappa shape index (κ2) is 8.23. The maximum atomic E-state index is 12.1. The highest BCUT2D eigenvalue weighted by molar-refractivity contribution is 6.32. The van der Waals surface area contributed by atoms with E-state index in [9.17, 15) is 4.79 Å². The summed E-state index contributed by atoms with van der Waals surface area (Å²) in [6, 6.07) is 15.7. The molecule has 0 bridgehead atoms. The fourth-order valence-electron chi connectivity index (χ4n) is 3.96. The number of fused-ring (bicyclic) bond motifs is 1. The normalized spacial score (nSPS) is 16.6. The lowest BCUT2D eigenvalue weighted by Crippen LogP contribution is -2.30. The molecule has 3 aromatic rings. The number of benzene rings is 2. The molecule has 1 atom stereocenters. The van der Waals surface area contributed by atoms with Crippen molar-refractivity contribution >= 4 is 28.5 Å². The van der Waals surface area contributed by atoms with E-state index in [1.807, 2.05) is 47.4 Å². The predicted octanol–water partition coefficient (Wildman–Crippen LogP) is 4.84. The molecule has 0 radical (unpaired) electrons. The summed E-state index contributed by atoms with van der Waals surface area (Å²) in [4.78, 5) is 18.9. The van der Waals surface area contributed by atoms with Crippen molar-refractivity contribution in [1.82, 2.24) is 14.5 Å². The Morgan fingerprint density at radius 3 is 2.82 bits per heavy atom. The quantitative estimate of drug-likeness (QED) is 0.559. The molecule has 28 heavy (non-hydrogen) atoms. The van der Waals surface area contributed by atoms with Gasteiger partial charge in [-0.2, -0.15) is 0 Å². The van der Waals surface area contributed by atoms with Gasteiger partial charge in [-0.15, -0.1) is 0 Å². The number of halogens is 1. The van der Waals surface area contributed by atoms with Crippen LogP contribution in [-0.2, 0) is 11.3 Å². The molecule has 1 amide bonds. The van der Waals surface area contributed by atoms with Gasteiger partial charge in [0, 0.05) is 20.0 Å². The standard InChI is InChI=1S/C22H24ClN3O2/c1-16(27)25-13-6-11-20(25)22-24-18-9-3-4-10-19(18)26(22)14-7-15-28-21-12-5-2-8-17(21)23/h2-5,8-10,12,20H,6-7,11,13-15H2,1H3. The summed E-state index contributed by atoms with van der Waals surface area (Å²) in [5, 5.41) is 0.624. The minimum absolute atomic E-state index is 0.0504. The zero-order valence-corrected chi connectivity index (χ0v) is 16.7. The molecule has 1 unspecified atom stereocenters. The molecular formula is C22H24ClN3O2. The number of carbonyl (C=O) groups excluding carboxylic acids is 1. The first-order chi connectivity index (χ1) is 13.6. The Labute approximate surface area is 169 Å². The number of nitrogens with zero attached hydrogens (tertiary/aromatic N) is 3. The molecule has 146 valence electrons. The molecule has 6 heteroatoms. The molecule has 0 spiro atoms. The maximum absolute atomic E-state index is 12.1. The minimum atomic E-state index is 0.0504. The van der Waals surface area contributed by atoms with Crippen molar-refractivity contribution in [3.8, 4) is 5.75 Å². The summed E-state index contributed by atoms with van der Waals surface area (Å²) in [5.41, 5.74) is 2.07. The zero-order chi connectivity index (χ0) is 19.5. The molecule has 0 aliphatic carbocycles. The van der Waals surface area contributed by atoms with E-state index in [0.29, 0.717) is 17.4 Å². The van der Waals surface area contributed by atoms with Crippen LogP contribution in [0.2, 0.25) is 5.02 Å². The molecule has 2 aromatic carbocycles. The van der Waals surface area contributed by atoms with Gasteiger partial charge in [-0.05, 0) is 43.5 Å². The van der Waals surface area contributed by atoms with Crippen molar-refractivity contribution in [2.24, 2.45) is 0 Å². The molecule has 0 saturated carbocycles. The molecule has 4 rings (SSSR count). The number of carbonyl (C=O) groups is 1. The van der Waals surface area contributed by atoms with Crippen molar-refractivity contribution in [2.45, 2.75) is 38.8 Å². The van der Waals surface area contributed by atoms with Gasteiger partial charge >= 0.3 is 0 Å². The Bertz CT molecular complexity index is 985. The van der Waals surface area contributed by atoms with Crippen LogP contribution < -0.4 is 4.74 Å². The Kier molecular flexibility index (Phi) is 5.53. The van der Waals surface area contributed by atoms with Gasteiger partial charge in [0.15, 0.2) is 0 Å². The van der Waals surface area contributed by atoms with Crippen molar-refractivity contribution in [2.75, 3.05) is 13.2 Å². The van der Waals surface area contributed by atoms with Crippen molar-refractivity contribution < 1.29 is 9.53 Å². The summed E-state index contributed by atoms with van der Waals surface area (Å²) in [6.07, 6.45) is 2.80. The first-order valence-corrected chi connectivity index (χ1v) is 10.1. The fraction of sp³-hybridized carbons (Fsp3) is 0.364. The monoisotopic (exact) mass is 397 g/mol. The maximum Gasteiger partial charge on any atom is 0.220 e. The molecule has 1 aliphatic rings. The van der Waals surface area contributed by atoms with Crippen LogP contribution in [-0.4, -0.2) is 33.5 Å². The third kappa shape index (κ3) is 3.72. The molecular weight excluding hydrogens is 374 g/mol. The van der Waals surface area contributed by atoms with Crippen LogP contribution in [0.5, 0.6) is 5.75 Å². The lowest BCUT2D eigenvalue weighted by Gasteiger charge is -2.24. The van der Waals surface area contributed by atoms with Crippen LogP contribution in [0.1, 0.15) is 38.1 Å². The zero-order valence-electron chi connectivity index (χ0n) is 16.0. The van der Waals surface area contributed by atoms with E-state index in [2.05, 4.69) is 10.6 Å². The lowest BCUT2D eigenvalue weighted by atomic mass is 10.2. The van der Waals surface area contributed by atoms with Crippen LogP contribution >= 0.6 is 11.6 Å². The summed E-state index contributed by atoms with van der Waals surface area (Å²) >= 11 is 6.16. The van der Waals surface area contributed by atoms with Crippen LogP contribution in [0, 0.1) is 0 Å². The SMILES string of the molecule is CC(=O)N1CCCC1c1nc2ccccc2n1CCCOc1ccccc1Cl. The second-order valence-corrected chi connectivity index (χ2v) is 7.52. The third-order valence-electron chi connectivity index (χ3n) is 5.26. The highest BCUT2D eigenvalue weighted by atomic mass is 35.5. The van der Waals surface area contributed by atoms with E-state index in [0.717, 1.165) is 49.2 Å².